The second-order valence-corrected chi connectivity index (χ2v) is 5.92. The van der Waals surface area contributed by atoms with Crippen LogP contribution in [0.1, 0.15) is 12.8 Å². The van der Waals surface area contributed by atoms with Crippen molar-refractivity contribution in [1.29, 1.82) is 0 Å². The summed E-state index contributed by atoms with van der Waals surface area (Å²) in [6, 6.07) is 7.29. The van der Waals surface area contributed by atoms with Crippen LogP contribution in [-0.4, -0.2) is 29.1 Å². The van der Waals surface area contributed by atoms with E-state index in [2.05, 4.69) is 4.98 Å². The summed E-state index contributed by atoms with van der Waals surface area (Å²) in [4.78, 5) is 16.3. The van der Waals surface area contributed by atoms with Crippen LogP contribution in [0.2, 0.25) is 5.02 Å². The number of pyridine rings is 1. The molecule has 3 rings (SSSR count). The molecule has 0 N–H and O–H groups in total. The number of benzene rings is 1. The van der Waals surface area contributed by atoms with Gasteiger partial charge in [-0.3, -0.25) is 10.1 Å². The van der Waals surface area contributed by atoms with E-state index in [-0.39, 0.29) is 17.5 Å². The minimum absolute atomic E-state index is 0.0468. The fourth-order valence-electron chi connectivity index (χ4n) is 2.76. The van der Waals surface area contributed by atoms with Crippen LogP contribution in [-0.2, 0) is 0 Å². The fraction of sp³-hybridized carbons (Fsp3) is 0.312. The molecule has 6 nitrogen and oxygen atoms in total. The summed E-state index contributed by atoms with van der Waals surface area (Å²) in [5, 5.41) is 11.6. The average Bonchev–Trinajstić information content (AvgIpc) is 2.57. The standard InChI is InChI=1S/C16H15ClFN3O3/c17-11-4-5-15(19-10-11)24-12-6-8-20(9-7-12)16-13(18)2-1-3-14(16)21(22)23/h1-5,10,12H,6-9H2. The third-order valence-electron chi connectivity index (χ3n) is 3.91. The Hall–Kier alpha value is -2.41. The molecule has 1 aliphatic rings. The molecular formula is C16H15ClFN3O3. The number of hydrogen-bond donors (Lipinski definition) is 0. The minimum atomic E-state index is -0.581. The molecule has 2 aromatic rings. The molecule has 0 spiro atoms. The maximum absolute atomic E-state index is 14.1. The van der Waals surface area contributed by atoms with Crippen LogP contribution in [0.15, 0.2) is 36.5 Å². The number of nitro groups is 1. The number of ether oxygens (including phenoxy) is 1. The topological polar surface area (TPSA) is 68.5 Å². The summed E-state index contributed by atoms with van der Waals surface area (Å²) in [6.07, 6.45) is 2.68. The van der Waals surface area contributed by atoms with Crippen molar-refractivity contribution in [2.24, 2.45) is 0 Å². The highest BCUT2D eigenvalue weighted by molar-refractivity contribution is 6.30. The number of para-hydroxylation sites is 1. The Morgan fingerprint density at radius 2 is 2.04 bits per heavy atom. The van der Waals surface area contributed by atoms with Gasteiger partial charge in [0.05, 0.1) is 9.95 Å². The van der Waals surface area contributed by atoms with Crippen LogP contribution in [0.5, 0.6) is 5.88 Å². The molecule has 0 unspecified atom stereocenters. The zero-order valence-electron chi connectivity index (χ0n) is 12.7. The third kappa shape index (κ3) is 3.56. The lowest BCUT2D eigenvalue weighted by atomic mass is 10.1. The predicted molar refractivity (Wildman–Crippen MR) is 88.2 cm³/mol. The Labute approximate surface area is 143 Å². The fourth-order valence-corrected chi connectivity index (χ4v) is 2.88. The first kappa shape index (κ1) is 16.4. The van der Waals surface area contributed by atoms with Gasteiger partial charge in [-0.25, -0.2) is 9.37 Å². The van der Waals surface area contributed by atoms with E-state index in [1.54, 1.807) is 17.0 Å². The van der Waals surface area contributed by atoms with E-state index in [0.717, 1.165) is 0 Å². The molecule has 2 heterocycles. The van der Waals surface area contributed by atoms with Crippen LogP contribution in [0.3, 0.4) is 0 Å². The summed E-state index contributed by atoms with van der Waals surface area (Å²) in [5.41, 5.74) is -0.167. The number of aromatic nitrogens is 1. The van der Waals surface area contributed by atoms with Crippen molar-refractivity contribution in [3.05, 3.63) is 57.5 Å². The molecule has 1 aromatic carbocycles. The summed E-state index contributed by atoms with van der Waals surface area (Å²) >= 11 is 5.78. The quantitative estimate of drug-likeness (QED) is 0.618. The van der Waals surface area contributed by atoms with Crippen LogP contribution in [0.4, 0.5) is 15.8 Å². The molecular weight excluding hydrogens is 337 g/mol. The first-order valence-corrected chi connectivity index (χ1v) is 7.88. The molecule has 0 atom stereocenters. The van der Waals surface area contributed by atoms with Gasteiger partial charge in [-0.1, -0.05) is 17.7 Å². The molecule has 0 amide bonds. The SMILES string of the molecule is O=[N+]([O-])c1cccc(F)c1N1CCC(Oc2ccc(Cl)cn2)CC1. The van der Waals surface area contributed by atoms with Crippen molar-refractivity contribution in [2.45, 2.75) is 18.9 Å². The van der Waals surface area contributed by atoms with Crippen LogP contribution >= 0.6 is 11.6 Å². The van der Waals surface area contributed by atoms with Crippen LogP contribution < -0.4 is 9.64 Å². The van der Waals surface area contributed by atoms with Gasteiger partial charge in [0.1, 0.15) is 6.10 Å². The van der Waals surface area contributed by atoms with Gasteiger partial charge in [0.25, 0.3) is 5.69 Å². The Kier molecular flexibility index (Phi) is 4.80. The largest absolute Gasteiger partial charge is 0.474 e. The van der Waals surface area contributed by atoms with Crippen molar-refractivity contribution in [3.8, 4) is 5.88 Å². The second kappa shape index (κ2) is 7.00. The Bertz CT molecular complexity index is 734. The molecule has 24 heavy (non-hydrogen) atoms. The first-order valence-electron chi connectivity index (χ1n) is 7.50. The molecule has 0 saturated carbocycles. The molecule has 8 heteroatoms. The summed E-state index contributed by atoms with van der Waals surface area (Å²) in [6.45, 7) is 0.945. The van der Waals surface area contributed by atoms with E-state index in [4.69, 9.17) is 16.3 Å². The van der Waals surface area contributed by atoms with Crippen molar-refractivity contribution in [3.63, 3.8) is 0 Å². The van der Waals surface area contributed by atoms with E-state index in [1.165, 1.54) is 24.4 Å². The second-order valence-electron chi connectivity index (χ2n) is 5.48. The lowest BCUT2D eigenvalue weighted by Crippen LogP contribution is -2.39. The Morgan fingerprint density at radius 3 is 2.67 bits per heavy atom. The average molecular weight is 352 g/mol. The van der Waals surface area contributed by atoms with E-state index < -0.39 is 10.7 Å². The number of nitrogens with zero attached hydrogens (tertiary/aromatic N) is 3. The van der Waals surface area contributed by atoms with Gasteiger partial charge in [0.2, 0.25) is 5.88 Å². The van der Waals surface area contributed by atoms with Crippen molar-refractivity contribution in [1.82, 2.24) is 4.98 Å². The molecule has 0 aliphatic carbocycles. The Balaban J connectivity index is 1.67. The monoisotopic (exact) mass is 351 g/mol. The summed E-state index contributed by atoms with van der Waals surface area (Å²) in [5.74, 6) is -0.0994. The highest BCUT2D eigenvalue weighted by atomic mass is 35.5. The third-order valence-corrected chi connectivity index (χ3v) is 4.13. The molecule has 1 aromatic heterocycles. The molecule has 1 aliphatic heterocycles. The van der Waals surface area contributed by atoms with Crippen LogP contribution in [0, 0.1) is 15.9 Å². The van der Waals surface area contributed by atoms with Gasteiger partial charge < -0.3 is 9.64 Å². The van der Waals surface area contributed by atoms with Gasteiger partial charge in [0, 0.05) is 44.3 Å². The van der Waals surface area contributed by atoms with Crippen molar-refractivity contribution >= 4 is 23.0 Å². The summed E-state index contributed by atoms with van der Waals surface area (Å²) in [7, 11) is 0. The minimum Gasteiger partial charge on any atom is -0.474 e. The van der Waals surface area contributed by atoms with Crippen molar-refractivity contribution < 1.29 is 14.1 Å². The highest BCUT2D eigenvalue weighted by Crippen LogP contribution is 2.33. The lowest BCUT2D eigenvalue weighted by molar-refractivity contribution is -0.384. The molecule has 1 fully saturated rings. The molecule has 1 saturated heterocycles. The van der Waals surface area contributed by atoms with E-state index in [1.807, 2.05) is 0 Å². The molecule has 0 radical (unpaired) electrons. The number of halogens is 2. The molecule has 126 valence electrons. The zero-order valence-corrected chi connectivity index (χ0v) is 13.4. The number of nitro benzene ring substituents is 1. The summed E-state index contributed by atoms with van der Waals surface area (Å²) < 4.78 is 19.9. The number of rotatable bonds is 4. The highest BCUT2D eigenvalue weighted by Gasteiger charge is 2.28. The van der Waals surface area contributed by atoms with Gasteiger partial charge in [-0.05, 0) is 12.1 Å². The van der Waals surface area contributed by atoms with Crippen molar-refractivity contribution in [2.75, 3.05) is 18.0 Å². The van der Waals surface area contributed by atoms with E-state index in [9.17, 15) is 14.5 Å². The first-order chi connectivity index (χ1) is 11.5. The number of hydrogen-bond acceptors (Lipinski definition) is 5. The van der Waals surface area contributed by atoms with E-state index in [0.29, 0.717) is 36.8 Å². The lowest BCUT2D eigenvalue weighted by Gasteiger charge is -2.33. The normalized spacial score (nSPS) is 15.3. The van der Waals surface area contributed by atoms with Crippen LogP contribution in [0.25, 0.3) is 0 Å². The van der Waals surface area contributed by atoms with Gasteiger partial charge in [0.15, 0.2) is 11.5 Å². The van der Waals surface area contributed by atoms with Gasteiger partial charge >= 0.3 is 0 Å². The predicted octanol–water partition coefficient (Wildman–Crippen LogP) is 3.83. The maximum Gasteiger partial charge on any atom is 0.295 e. The Morgan fingerprint density at radius 1 is 1.29 bits per heavy atom. The maximum atomic E-state index is 14.1. The number of anilines is 1. The zero-order chi connectivity index (χ0) is 17.1. The van der Waals surface area contributed by atoms with E-state index >= 15 is 0 Å². The molecule has 0 bridgehead atoms. The number of piperidine rings is 1. The van der Waals surface area contributed by atoms with Gasteiger partial charge in [-0.15, -0.1) is 0 Å². The smallest absolute Gasteiger partial charge is 0.295 e. The van der Waals surface area contributed by atoms with Gasteiger partial charge in [-0.2, -0.15) is 0 Å².